The molecule has 3 aromatic heterocycles. The summed E-state index contributed by atoms with van der Waals surface area (Å²) in [5.74, 6) is -0.458. The summed E-state index contributed by atoms with van der Waals surface area (Å²) in [6.07, 6.45) is 6.56. The van der Waals surface area contributed by atoms with Gasteiger partial charge in [0.1, 0.15) is 20.2 Å². The van der Waals surface area contributed by atoms with Gasteiger partial charge in [-0.2, -0.15) is 8.42 Å². The molecule has 0 amide bonds. The molecule has 2 aliphatic heterocycles. The fourth-order valence-corrected chi connectivity index (χ4v) is 7.88. The van der Waals surface area contributed by atoms with Crippen LogP contribution in [0.3, 0.4) is 0 Å². The summed E-state index contributed by atoms with van der Waals surface area (Å²) in [6, 6.07) is 22.6. The molecule has 0 radical (unpaired) electrons. The molecule has 2 aliphatic rings. The van der Waals surface area contributed by atoms with E-state index in [1.165, 1.54) is 78.9 Å². The number of fused-ring (bicyclic) bond motifs is 8. The number of aromatic nitrogens is 4. The fraction of sp³-hybridized carbons (Fsp3) is 0. The van der Waals surface area contributed by atoms with E-state index in [1.54, 1.807) is 42.5 Å². The molecular formula is C38H23N4Na3O10S3. The molecule has 58 heavy (non-hydrogen) atoms. The van der Waals surface area contributed by atoms with Crippen molar-refractivity contribution < 1.29 is 133 Å². The summed E-state index contributed by atoms with van der Waals surface area (Å²) < 4.78 is 104. The van der Waals surface area contributed by atoms with Crippen LogP contribution < -0.4 is 93.8 Å². The zero-order chi connectivity index (χ0) is 38.9. The third kappa shape index (κ3) is 9.09. The number of hydrogen-bond donors (Lipinski definition) is 3. The Morgan fingerprint density at radius 1 is 0.431 bits per heavy atom. The van der Waals surface area contributed by atoms with E-state index in [1.807, 2.05) is 0 Å². The fourth-order valence-electron chi connectivity index (χ4n) is 6.46. The first kappa shape index (κ1) is 45.9. The van der Waals surface area contributed by atoms with Gasteiger partial charge in [-0.05, 0) is 102 Å². The van der Waals surface area contributed by atoms with Crippen LogP contribution in [0.15, 0.2) is 112 Å². The summed E-state index contributed by atoms with van der Waals surface area (Å²) in [5.41, 5.74) is 5.54. The van der Waals surface area contributed by atoms with Crippen LogP contribution in [0.5, 0.6) is 5.75 Å². The summed E-state index contributed by atoms with van der Waals surface area (Å²) in [5, 5.41) is 13.8. The molecular weight excluding hydrogens is 838 g/mol. The predicted octanol–water partition coefficient (Wildman–Crippen LogP) is -3.20. The average Bonchev–Trinajstić information content (AvgIpc) is 3.97. The van der Waals surface area contributed by atoms with Crippen molar-refractivity contribution in [2.75, 3.05) is 0 Å². The van der Waals surface area contributed by atoms with Gasteiger partial charge in [-0.1, -0.05) is 42.1 Å². The second kappa shape index (κ2) is 17.4. The van der Waals surface area contributed by atoms with Crippen molar-refractivity contribution in [1.82, 2.24) is 19.9 Å². The second-order valence-corrected chi connectivity index (χ2v) is 16.6. The number of H-pyrrole nitrogens is 2. The van der Waals surface area contributed by atoms with Gasteiger partial charge in [0.25, 0.3) is 10.1 Å². The van der Waals surface area contributed by atoms with Crippen molar-refractivity contribution in [3.8, 4) is 39.1 Å². The van der Waals surface area contributed by atoms with E-state index >= 15 is 0 Å². The van der Waals surface area contributed by atoms with Crippen LogP contribution in [0.4, 0.5) is 0 Å². The minimum absolute atomic E-state index is 0. The van der Waals surface area contributed by atoms with Gasteiger partial charge in [0.15, 0.2) is 0 Å². The van der Waals surface area contributed by atoms with E-state index in [9.17, 15) is 44.0 Å². The van der Waals surface area contributed by atoms with Gasteiger partial charge in [0.05, 0.1) is 37.5 Å². The number of nitrogens with one attached hydrogen (secondary N) is 2. The van der Waals surface area contributed by atoms with Crippen molar-refractivity contribution in [3.63, 3.8) is 0 Å². The first-order valence-electron chi connectivity index (χ1n) is 16.1. The molecule has 8 bridgehead atoms. The standard InChI is InChI=1S/C38H26N4O10S3.3Na/c43-38-33-19-17-31(41-33)36(22-3-9-25(10-4-22)54(47,48)49)29-15-13-27(39-29)35(21-1-7-24(8-2-21)53(44,45)46)28-14-16-30(40-28)37(32-18-20-34(38)42-32)23-5-11-26(12-6-23)55(50,51)52;;;/h1-20,39,42-43H,(H,44,45,46)(H,47,48,49)(H,50,51,52);;;/q;3*+1/p-3. The van der Waals surface area contributed by atoms with Crippen molar-refractivity contribution >= 4 is 76.7 Å². The molecule has 0 unspecified atom stereocenters. The number of hydrogen-bond acceptors (Lipinski definition) is 11. The van der Waals surface area contributed by atoms with Crippen LogP contribution >= 0.6 is 0 Å². The number of rotatable bonds is 6. The SMILES string of the molecule is O=S(=O)([O-])c1ccc(-c2c3nc(c([O-])c4ccc([nH]4)c(-c4ccc(S(=O)(=O)O)cc4)c4nc(c(-c5ccc(S(=O)(=O)[O-])cc5)c5ccc2[nH]5)C=C4)C=C3)cc1.[Na+].[Na+].[Na+]. The monoisotopic (exact) mass is 860 g/mol. The van der Waals surface area contributed by atoms with Gasteiger partial charge in [-0.3, -0.25) is 4.55 Å². The van der Waals surface area contributed by atoms with Crippen molar-refractivity contribution in [2.24, 2.45) is 0 Å². The predicted molar refractivity (Wildman–Crippen MR) is 200 cm³/mol. The zero-order valence-corrected chi connectivity index (χ0v) is 39.2. The van der Waals surface area contributed by atoms with Gasteiger partial charge in [-0.25, -0.2) is 26.8 Å². The molecule has 0 atom stereocenters. The minimum atomic E-state index is -4.76. The number of benzene rings is 3. The molecule has 3 aromatic carbocycles. The van der Waals surface area contributed by atoms with Crippen molar-refractivity contribution in [2.45, 2.75) is 14.7 Å². The summed E-state index contributed by atoms with van der Waals surface area (Å²) in [6.45, 7) is 0. The number of nitrogens with zero attached hydrogens (tertiary/aromatic N) is 2. The maximum Gasteiger partial charge on any atom is 1.00 e. The summed E-state index contributed by atoms with van der Waals surface area (Å²) >= 11 is 0. The Morgan fingerprint density at radius 3 is 1.07 bits per heavy atom. The Balaban J connectivity index is 0.00000214. The molecule has 6 aromatic rings. The molecule has 5 heterocycles. The second-order valence-electron chi connectivity index (χ2n) is 12.4. The van der Waals surface area contributed by atoms with Gasteiger partial charge in [0.2, 0.25) is 0 Å². The minimum Gasteiger partial charge on any atom is -0.870 e. The van der Waals surface area contributed by atoms with Gasteiger partial charge in [0, 0.05) is 38.8 Å². The Bertz CT molecular complexity index is 3090. The van der Waals surface area contributed by atoms with Crippen molar-refractivity contribution in [3.05, 3.63) is 120 Å². The van der Waals surface area contributed by atoms with Crippen LogP contribution in [-0.2, 0) is 30.4 Å². The van der Waals surface area contributed by atoms with Gasteiger partial charge < -0.3 is 24.2 Å². The van der Waals surface area contributed by atoms with Crippen LogP contribution in [-0.4, -0.2) is 58.8 Å². The molecule has 14 nitrogen and oxygen atoms in total. The van der Waals surface area contributed by atoms with Crippen molar-refractivity contribution in [1.29, 1.82) is 0 Å². The molecule has 0 fully saturated rings. The molecule has 0 aliphatic carbocycles. The van der Waals surface area contributed by atoms with E-state index in [0.717, 1.165) is 0 Å². The van der Waals surface area contributed by atoms with Gasteiger partial charge in [-0.15, -0.1) is 0 Å². The molecule has 276 valence electrons. The Morgan fingerprint density at radius 2 is 0.724 bits per heavy atom. The molecule has 20 heteroatoms. The van der Waals surface area contributed by atoms with Gasteiger partial charge >= 0.3 is 88.7 Å². The topological polar surface area (TPSA) is 249 Å². The smallest absolute Gasteiger partial charge is 0.870 e. The third-order valence-electron chi connectivity index (χ3n) is 9.01. The van der Waals surface area contributed by atoms with E-state index in [4.69, 9.17) is 4.98 Å². The Kier molecular flexibility index (Phi) is 13.8. The molecule has 3 N–H and O–H groups in total. The first-order valence-corrected chi connectivity index (χ1v) is 20.3. The van der Waals surface area contributed by atoms with Crippen LogP contribution in [0.25, 0.3) is 79.8 Å². The summed E-state index contributed by atoms with van der Waals surface area (Å²) in [7, 11) is -14.0. The normalized spacial score (nSPS) is 12.3. The van der Waals surface area contributed by atoms with E-state index in [2.05, 4.69) is 15.0 Å². The quantitative estimate of drug-likeness (QED) is 0.111. The average molecular weight is 861 g/mol. The molecule has 0 saturated heterocycles. The Labute approximate surface area is 398 Å². The Hall–Kier alpha value is -3.21. The molecule has 8 rings (SSSR count). The van der Waals surface area contributed by atoms with Crippen LogP contribution in [0.1, 0.15) is 22.8 Å². The van der Waals surface area contributed by atoms with E-state index in [0.29, 0.717) is 67.0 Å². The maximum atomic E-state index is 13.8. The zero-order valence-electron chi connectivity index (χ0n) is 30.8. The van der Waals surface area contributed by atoms with E-state index in [-0.39, 0.29) is 105 Å². The molecule has 0 spiro atoms. The first-order chi connectivity index (χ1) is 26.0. The number of aromatic amines is 2. The van der Waals surface area contributed by atoms with Crippen LogP contribution in [0.2, 0.25) is 0 Å². The maximum absolute atomic E-state index is 13.8. The molecule has 0 saturated carbocycles. The third-order valence-corrected chi connectivity index (χ3v) is 11.6. The summed E-state index contributed by atoms with van der Waals surface area (Å²) in [4.78, 5) is 14.9. The largest absolute Gasteiger partial charge is 1.00 e. The van der Waals surface area contributed by atoms with E-state index < -0.39 is 45.9 Å². The van der Waals surface area contributed by atoms with Crippen LogP contribution in [0, 0.1) is 0 Å².